The lowest BCUT2D eigenvalue weighted by atomic mass is 9.85. The summed E-state index contributed by atoms with van der Waals surface area (Å²) in [6.45, 7) is 5.22. The molecule has 2 aliphatic rings. The number of carbonyl (C=O) groups excluding carboxylic acids is 5. The first-order chi connectivity index (χ1) is 21.9. The summed E-state index contributed by atoms with van der Waals surface area (Å²) in [5.41, 5.74) is 18.7. The molecule has 248 valence electrons. The van der Waals surface area contributed by atoms with Gasteiger partial charge in [0.05, 0.1) is 6.04 Å². The van der Waals surface area contributed by atoms with E-state index in [4.69, 9.17) is 17.2 Å². The van der Waals surface area contributed by atoms with Crippen molar-refractivity contribution in [2.24, 2.45) is 23.1 Å². The zero-order valence-electron chi connectivity index (χ0n) is 26.7. The van der Waals surface area contributed by atoms with Crippen molar-refractivity contribution in [2.75, 3.05) is 19.6 Å². The molecule has 0 bridgehead atoms. The number of ketones is 1. The lowest BCUT2D eigenvalue weighted by Crippen LogP contribution is -2.68. The number of nitrogens with zero attached hydrogens (tertiary/aromatic N) is 2. The van der Waals surface area contributed by atoms with Gasteiger partial charge in [0.25, 0.3) is 11.8 Å². The lowest BCUT2D eigenvalue weighted by Gasteiger charge is -2.46. The molecule has 2 heterocycles. The molecule has 0 aliphatic carbocycles. The maximum atomic E-state index is 14.1. The summed E-state index contributed by atoms with van der Waals surface area (Å²) in [6.07, 6.45) is 2.99. The van der Waals surface area contributed by atoms with E-state index in [0.29, 0.717) is 57.2 Å². The summed E-state index contributed by atoms with van der Waals surface area (Å²) < 4.78 is 0. The van der Waals surface area contributed by atoms with Crippen molar-refractivity contribution in [3.8, 4) is 0 Å². The number of carbonyl (C=O) groups is 5. The Hall–Kier alpha value is -4.13. The highest BCUT2D eigenvalue weighted by molar-refractivity contribution is 6.38. The maximum Gasteiger partial charge on any atom is 0.289 e. The maximum absolute atomic E-state index is 14.1. The van der Waals surface area contributed by atoms with E-state index in [2.05, 4.69) is 24.5 Å². The molecule has 2 aromatic carbocycles. The monoisotopic (exact) mass is 633 g/mol. The van der Waals surface area contributed by atoms with Gasteiger partial charge in [-0.3, -0.25) is 29.0 Å². The van der Waals surface area contributed by atoms with E-state index in [1.807, 2.05) is 35.3 Å². The quantitative estimate of drug-likeness (QED) is 0.140. The molecule has 0 aromatic heterocycles. The van der Waals surface area contributed by atoms with Gasteiger partial charge in [0.2, 0.25) is 17.6 Å². The molecule has 4 amide bonds. The molecule has 4 rings (SSSR count). The fraction of sp³-hybridized carbons (Fsp3) is 0.500. The fourth-order valence-electron chi connectivity index (χ4n) is 6.36. The van der Waals surface area contributed by atoms with Gasteiger partial charge < -0.3 is 27.8 Å². The van der Waals surface area contributed by atoms with Crippen LogP contribution in [0.15, 0.2) is 54.6 Å². The van der Waals surface area contributed by atoms with Crippen LogP contribution in [0.4, 0.5) is 0 Å². The second-order valence-electron chi connectivity index (χ2n) is 12.7. The Balaban J connectivity index is 1.45. The molecule has 2 fully saturated rings. The SMILES string of the molecule is CC(C)C1CC(C(=O)NC(CCCCN)C(=O)C(=O)NCCc2ccc(C(N)=O)cc2)N2C(=O)C(N)(Cc3ccccc3)CCN12. The van der Waals surface area contributed by atoms with Crippen LogP contribution in [0.3, 0.4) is 0 Å². The van der Waals surface area contributed by atoms with Crippen LogP contribution in [-0.4, -0.2) is 82.7 Å². The lowest BCUT2D eigenvalue weighted by molar-refractivity contribution is -0.169. The molecule has 4 unspecified atom stereocenters. The van der Waals surface area contributed by atoms with E-state index in [0.717, 1.165) is 11.1 Å². The summed E-state index contributed by atoms with van der Waals surface area (Å²) in [5, 5.41) is 8.93. The van der Waals surface area contributed by atoms with Crippen LogP contribution in [0, 0.1) is 5.92 Å². The van der Waals surface area contributed by atoms with Gasteiger partial charge in [-0.15, -0.1) is 0 Å². The Morgan fingerprint density at radius 2 is 1.70 bits per heavy atom. The molecule has 2 aliphatic heterocycles. The van der Waals surface area contributed by atoms with Crippen molar-refractivity contribution in [3.05, 3.63) is 71.3 Å². The standard InChI is InChI=1S/C34H47N7O5/c1-22(2)27-20-28(41-33(46)34(37,16-19-40(27)41)21-24-8-4-3-5-9-24)31(44)39-26(10-6-7-17-35)29(42)32(45)38-18-15-23-11-13-25(14-12-23)30(36)43/h3-5,8-9,11-14,22,26-28H,6-7,10,15-21,35,37H2,1-2H3,(H2,36,43)(H,38,45)(H,39,44). The highest BCUT2D eigenvalue weighted by Gasteiger charge is 2.54. The molecule has 8 N–H and O–H groups in total. The number of fused-ring (bicyclic) bond motifs is 1. The number of rotatable bonds is 15. The van der Waals surface area contributed by atoms with Crippen molar-refractivity contribution in [1.29, 1.82) is 0 Å². The molecule has 0 radical (unpaired) electrons. The van der Waals surface area contributed by atoms with Crippen molar-refractivity contribution in [1.82, 2.24) is 20.7 Å². The molecule has 0 spiro atoms. The van der Waals surface area contributed by atoms with Crippen LogP contribution in [0.5, 0.6) is 0 Å². The summed E-state index contributed by atoms with van der Waals surface area (Å²) >= 11 is 0. The molecule has 2 saturated heterocycles. The Morgan fingerprint density at radius 3 is 2.33 bits per heavy atom. The van der Waals surface area contributed by atoms with Crippen molar-refractivity contribution in [2.45, 2.75) is 82.5 Å². The van der Waals surface area contributed by atoms with Gasteiger partial charge in [0, 0.05) is 24.7 Å². The van der Waals surface area contributed by atoms with Crippen molar-refractivity contribution >= 4 is 29.4 Å². The molecule has 12 nitrogen and oxygen atoms in total. The van der Waals surface area contributed by atoms with E-state index in [1.54, 1.807) is 24.3 Å². The number of primary amides is 1. The van der Waals surface area contributed by atoms with Crippen LogP contribution < -0.4 is 27.8 Å². The second kappa shape index (κ2) is 15.4. The Labute approximate surface area is 270 Å². The third-order valence-corrected chi connectivity index (χ3v) is 9.02. The third kappa shape index (κ3) is 8.17. The third-order valence-electron chi connectivity index (χ3n) is 9.02. The number of benzene rings is 2. The second-order valence-corrected chi connectivity index (χ2v) is 12.7. The largest absolute Gasteiger partial charge is 0.366 e. The van der Waals surface area contributed by atoms with Crippen LogP contribution >= 0.6 is 0 Å². The molecular weight excluding hydrogens is 586 g/mol. The number of amides is 4. The van der Waals surface area contributed by atoms with Gasteiger partial charge in [-0.1, -0.05) is 56.3 Å². The summed E-state index contributed by atoms with van der Waals surface area (Å²) in [4.78, 5) is 65.6. The number of unbranched alkanes of at least 4 members (excludes halogenated alkanes) is 1. The molecule has 46 heavy (non-hydrogen) atoms. The minimum absolute atomic E-state index is 0.0623. The normalized spacial score (nSPS) is 21.9. The van der Waals surface area contributed by atoms with Crippen LogP contribution in [0.2, 0.25) is 0 Å². The van der Waals surface area contributed by atoms with Crippen molar-refractivity contribution in [3.63, 3.8) is 0 Å². The topological polar surface area (TPSA) is 194 Å². The fourth-order valence-corrected chi connectivity index (χ4v) is 6.36. The van der Waals surface area contributed by atoms with E-state index >= 15 is 0 Å². The van der Waals surface area contributed by atoms with Gasteiger partial charge in [-0.2, -0.15) is 0 Å². The zero-order valence-corrected chi connectivity index (χ0v) is 26.7. The summed E-state index contributed by atoms with van der Waals surface area (Å²) in [5.74, 6) is -2.74. The number of nitrogens with one attached hydrogen (secondary N) is 2. The number of nitrogens with two attached hydrogens (primary N) is 3. The van der Waals surface area contributed by atoms with Crippen molar-refractivity contribution < 1.29 is 24.0 Å². The van der Waals surface area contributed by atoms with Gasteiger partial charge in [-0.05, 0) is 80.7 Å². The molecule has 0 saturated carbocycles. The van der Waals surface area contributed by atoms with E-state index < -0.39 is 41.1 Å². The predicted octanol–water partition coefficient (Wildman–Crippen LogP) is 0.814. The zero-order chi connectivity index (χ0) is 33.4. The highest BCUT2D eigenvalue weighted by Crippen LogP contribution is 2.37. The number of hydrogen-bond acceptors (Lipinski definition) is 8. The van der Waals surface area contributed by atoms with Crippen LogP contribution in [0.1, 0.15) is 67.4 Å². The number of Topliss-reactive ketones (excluding diaryl/α,β-unsaturated/α-hetero) is 1. The average molecular weight is 634 g/mol. The molecule has 4 atom stereocenters. The average Bonchev–Trinajstić information content (AvgIpc) is 3.43. The minimum Gasteiger partial charge on any atom is -0.366 e. The van der Waals surface area contributed by atoms with Crippen LogP contribution in [0.25, 0.3) is 0 Å². The molecule has 2 aromatic rings. The first-order valence-corrected chi connectivity index (χ1v) is 16.1. The van der Waals surface area contributed by atoms with Gasteiger partial charge >= 0.3 is 0 Å². The van der Waals surface area contributed by atoms with E-state index in [1.165, 1.54) is 5.01 Å². The van der Waals surface area contributed by atoms with E-state index in [9.17, 15) is 24.0 Å². The first kappa shape index (κ1) is 34.7. The molecule has 12 heteroatoms. The molecular formula is C34H47N7O5. The Bertz CT molecular complexity index is 1400. The Morgan fingerprint density at radius 1 is 1.00 bits per heavy atom. The first-order valence-electron chi connectivity index (χ1n) is 16.1. The summed E-state index contributed by atoms with van der Waals surface area (Å²) in [6, 6.07) is 14.2. The van der Waals surface area contributed by atoms with Gasteiger partial charge in [-0.25, -0.2) is 5.01 Å². The smallest absolute Gasteiger partial charge is 0.289 e. The Kier molecular flexibility index (Phi) is 11.7. The summed E-state index contributed by atoms with van der Waals surface area (Å²) in [7, 11) is 0. The predicted molar refractivity (Wildman–Crippen MR) is 174 cm³/mol. The van der Waals surface area contributed by atoms with Gasteiger partial charge in [0.1, 0.15) is 11.6 Å². The minimum atomic E-state index is -1.18. The highest BCUT2D eigenvalue weighted by atomic mass is 16.2. The van der Waals surface area contributed by atoms with Crippen LogP contribution in [-0.2, 0) is 32.0 Å². The van der Waals surface area contributed by atoms with E-state index in [-0.39, 0.29) is 30.8 Å². The number of hydrazine groups is 1. The number of hydrogen-bond donors (Lipinski definition) is 5. The van der Waals surface area contributed by atoms with Gasteiger partial charge in [0.15, 0.2) is 0 Å².